The van der Waals surface area contributed by atoms with Gasteiger partial charge in [0, 0.05) is 18.6 Å². The van der Waals surface area contributed by atoms with Gasteiger partial charge in [-0.2, -0.15) is 0 Å². The zero-order valence-corrected chi connectivity index (χ0v) is 12.6. The summed E-state index contributed by atoms with van der Waals surface area (Å²) < 4.78 is 46.6. The van der Waals surface area contributed by atoms with Crippen molar-refractivity contribution < 1.29 is 78.6 Å². The van der Waals surface area contributed by atoms with Crippen molar-refractivity contribution in [1.29, 1.82) is 0 Å². The van der Waals surface area contributed by atoms with Gasteiger partial charge in [-0.1, -0.05) is 6.32 Å². The molecule has 0 N–H and O–H groups in total. The molecule has 88 valence electrons. The molecule has 1 fully saturated rings. The molecule has 0 aromatic heterocycles. The minimum Gasteiger partial charge on any atom is -0.469 e. The van der Waals surface area contributed by atoms with Crippen LogP contribution in [0.2, 0.25) is 6.32 Å². The molecule has 0 aromatic carbocycles. The molecule has 16 heavy (non-hydrogen) atoms. The molecule has 0 atom stereocenters. The fourth-order valence-electron chi connectivity index (χ4n) is 1.91. The molecule has 0 bridgehead atoms. The Bertz CT molecular complexity index is 241. The van der Waals surface area contributed by atoms with Gasteiger partial charge in [-0.05, 0) is 12.8 Å². The molecule has 3 nitrogen and oxygen atoms in total. The predicted octanol–water partition coefficient (Wildman–Crippen LogP) is -1.19. The maximum Gasteiger partial charge on any atom is 1.00 e. The van der Waals surface area contributed by atoms with Crippen molar-refractivity contribution in [2.45, 2.75) is 19.2 Å². The van der Waals surface area contributed by atoms with E-state index in [1.165, 1.54) is 0 Å². The molecule has 1 rings (SSSR count). The van der Waals surface area contributed by atoms with Crippen LogP contribution in [0.15, 0.2) is 0 Å². The molecule has 1 aliphatic rings. The van der Waals surface area contributed by atoms with E-state index < -0.39 is 24.7 Å². The zero-order valence-electron chi connectivity index (χ0n) is 9.47. The smallest absolute Gasteiger partial charge is 0.469 e. The summed E-state index contributed by atoms with van der Waals surface area (Å²) in [6.07, 6.45) is -0.898. The van der Waals surface area contributed by atoms with Crippen molar-refractivity contribution in [2.75, 3.05) is 20.3 Å². The molecule has 0 aromatic rings. The van der Waals surface area contributed by atoms with Gasteiger partial charge in [0.05, 0.1) is 7.11 Å². The first-order valence-corrected chi connectivity index (χ1v) is 4.77. The summed E-state index contributed by atoms with van der Waals surface area (Å²) in [6.45, 7) is -4.62. The Balaban J connectivity index is 0.00000225. The SMILES string of the molecule is COC(=O)C1(C[B-](F)(F)F)CCOCC1.[K+]. The monoisotopic (exact) mass is 264 g/mol. The Morgan fingerprint density at radius 2 is 1.88 bits per heavy atom. The molecule has 0 unspecified atom stereocenters. The van der Waals surface area contributed by atoms with Crippen molar-refractivity contribution in [2.24, 2.45) is 5.41 Å². The van der Waals surface area contributed by atoms with Crippen LogP contribution in [0.3, 0.4) is 0 Å². The van der Waals surface area contributed by atoms with Gasteiger partial charge < -0.3 is 22.4 Å². The second kappa shape index (κ2) is 6.75. The van der Waals surface area contributed by atoms with Crippen LogP contribution >= 0.6 is 0 Å². The van der Waals surface area contributed by atoms with Crippen LogP contribution in [-0.4, -0.2) is 33.3 Å². The van der Waals surface area contributed by atoms with Gasteiger partial charge in [0.25, 0.3) is 0 Å². The molecule has 0 amide bonds. The largest absolute Gasteiger partial charge is 1.00 e. The number of halogens is 3. The minimum atomic E-state index is -4.98. The Morgan fingerprint density at radius 3 is 2.25 bits per heavy atom. The normalized spacial score (nSPS) is 19.8. The van der Waals surface area contributed by atoms with Crippen LogP contribution in [-0.2, 0) is 14.3 Å². The molecular weight excluding hydrogens is 251 g/mol. The van der Waals surface area contributed by atoms with E-state index in [2.05, 4.69) is 4.74 Å². The van der Waals surface area contributed by atoms with Crippen LogP contribution in [0.1, 0.15) is 12.8 Å². The molecule has 1 saturated heterocycles. The van der Waals surface area contributed by atoms with Gasteiger partial charge >= 0.3 is 64.3 Å². The zero-order chi connectivity index (χ0) is 11.5. The summed E-state index contributed by atoms with van der Waals surface area (Å²) in [5.41, 5.74) is -1.41. The van der Waals surface area contributed by atoms with E-state index in [1.807, 2.05) is 0 Å². The standard InChI is InChI=1S/C8H13BF3O3.K/c1-14-7(13)8(6-9(10,11)12)2-4-15-5-3-8;/h2-6H2,1H3;/q-1;+1. The summed E-state index contributed by atoms with van der Waals surface area (Å²) in [5.74, 6) is -0.773. The van der Waals surface area contributed by atoms with Gasteiger partial charge in [0.2, 0.25) is 0 Å². The topological polar surface area (TPSA) is 35.5 Å². The van der Waals surface area contributed by atoms with Crippen molar-refractivity contribution in [1.82, 2.24) is 0 Å². The van der Waals surface area contributed by atoms with Crippen molar-refractivity contribution >= 4 is 12.9 Å². The second-order valence-electron chi connectivity index (χ2n) is 3.80. The molecule has 0 saturated carbocycles. The van der Waals surface area contributed by atoms with Crippen LogP contribution in [0.4, 0.5) is 12.9 Å². The molecule has 1 aliphatic heterocycles. The average Bonchev–Trinajstić information content (AvgIpc) is 2.15. The average molecular weight is 264 g/mol. The van der Waals surface area contributed by atoms with E-state index in [0.717, 1.165) is 7.11 Å². The number of hydrogen-bond donors (Lipinski definition) is 0. The first-order valence-electron chi connectivity index (χ1n) is 4.77. The number of methoxy groups -OCH3 is 1. The summed E-state index contributed by atoms with van der Waals surface area (Å²) in [7, 11) is 1.11. The Morgan fingerprint density at radius 1 is 1.38 bits per heavy atom. The van der Waals surface area contributed by atoms with Gasteiger partial charge in [0.1, 0.15) is 0 Å². The predicted molar refractivity (Wildman–Crippen MR) is 48.4 cm³/mol. The first kappa shape index (κ1) is 16.9. The van der Waals surface area contributed by atoms with E-state index in [4.69, 9.17) is 4.74 Å². The fraction of sp³-hybridized carbons (Fsp3) is 0.875. The van der Waals surface area contributed by atoms with E-state index in [0.29, 0.717) is 0 Å². The third-order valence-corrected chi connectivity index (χ3v) is 2.69. The van der Waals surface area contributed by atoms with Gasteiger partial charge in [0.15, 0.2) is 0 Å². The molecule has 0 radical (unpaired) electrons. The number of esters is 1. The Labute approximate surface area is 135 Å². The third kappa shape index (κ3) is 4.66. The van der Waals surface area contributed by atoms with E-state index in [1.54, 1.807) is 0 Å². The van der Waals surface area contributed by atoms with Crippen molar-refractivity contribution in [3.8, 4) is 0 Å². The van der Waals surface area contributed by atoms with Crippen molar-refractivity contribution in [3.63, 3.8) is 0 Å². The van der Waals surface area contributed by atoms with E-state index in [9.17, 15) is 17.7 Å². The number of carbonyl (C=O) groups excluding carboxylic acids is 1. The maximum absolute atomic E-state index is 12.4. The number of hydrogen-bond acceptors (Lipinski definition) is 3. The number of ether oxygens (including phenoxy) is 2. The van der Waals surface area contributed by atoms with E-state index >= 15 is 0 Å². The minimum absolute atomic E-state index is 0. The van der Waals surface area contributed by atoms with Gasteiger partial charge in [-0.3, -0.25) is 4.79 Å². The fourth-order valence-corrected chi connectivity index (χ4v) is 1.91. The maximum atomic E-state index is 12.4. The van der Waals surface area contributed by atoms with Crippen LogP contribution in [0.5, 0.6) is 0 Å². The number of rotatable bonds is 3. The summed E-state index contributed by atoms with van der Waals surface area (Å²) in [6, 6.07) is 0. The molecule has 0 aliphatic carbocycles. The summed E-state index contributed by atoms with van der Waals surface area (Å²) in [5, 5.41) is 0. The molecule has 0 spiro atoms. The van der Waals surface area contributed by atoms with Gasteiger partial charge in [-0.25, -0.2) is 0 Å². The summed E-state index contributed by atoms with van der Waals surface area (Å²) >= 11 is 0. The second-order valence-corrected chi connectivity index (χ2v) is 3.80. The van der Waals surface area contributed by atoms with Crippen molar-refractivity contribution in [3.05, 3.63) is 0 Å². The third-order valence-electron chi connectivity index (χ3n) is 2.69. The van der Waals surface area contributed by atoms with E-state index in [-0.39, 0.29) is 77.4 Å². The first-order chi connectivity index (χ1) is 6.90. The Kier molecular flexibility index (Phi) is 7.14. The number of carbonyl (C=O) groups is 1. The van der Waals surface area contributed by atoms with Crippen LogP contribution < -0.4 is 51.4 Å². The quantitative estimate of drug-likeness (QED) is 0.475. The van der Waals surface area contributed by atoms with Crippen LogP contribution in [0, 0.1) is 5.41 Å². The molecule has 1 heterocycles. The molecule has 8 heteroatoms. The van der Waals surface area contributed by atoms with Gasteiger partial charge in [-0.15, -0.1) is 0 Å². The molecular formula is C8H13BF3KO3. The Hall–Kier alpha value is 0.921. The van der Waals surface area contributed by atoms with Crippen LogP contribution in [0.25, 0.3) is 0 Å². The summed E-state index contributed by atoms with van der Waals surface area (Å²) in [4.78, 5) is 11.4.